The second kappa shape index (κ2) is 14.5. The van der Waals surface area contributed by atoms with Crippen LogP contribution in [0.25, 0.3) is 0 Å². The zero-order valence-corrected chi connectivity index (χ0v) is 24.7. The maximum absolute atomic E-state index is 10.6. The molecule has 2 heterocycles. The number of aliphatic imine (C=N–C) groups is 1. The van der Waals surface area contributed by atoms with E-state index in [1.165, 1.54) is 25.2 Å². The van der Waals surface area contributed by atoms with E-state index in [0.29, 0.717) is 24.9 Å². The summed E-state index contributed by atoms with van der Waals surface area (Å²) >= 11 is 0. The van der Waals surface area contributed by atoms with Crippen LogP contribution in [-0.4, -0.2) is 51.2 Å². The van der Waals surface area contributed by atoms with E-state index in [1.807, 2.05) is 18.3 Å². The number of aliphatic hydroxyl groups excluding tert-OH is 2. The van der Waals surface area contributed by atoms with Crippen molar-refractivity contribution in [2.24, 2.45) is 16.3 Å². The molecule has 4 unspecified atom stereocenters. The van der Waals surface area contributed by atoms with Gasteiger partial charge in [0, 0.05) is 12.3 Å². The van der Waals surface area contributed by atoms with Crippen LogP contribution in [0.4, 0.5) is 0 Å². The van der Waals surface area contributed by atoms with E-state index in [9.17, 15) is 15.3 Å². The summed E-state index contributed by atoms with van der Waals surface area (Å²) in [5, 5.41) is 30.2. The van der Waals surface area contributed by atoms with Gasteiger partial charge in [0.25, 0.3) is 0 Å². The van der Waals surface area contributed by atoms with Crippen molar-refractivity contribution in [1.82, 2.24) is 0 Å². The molecule has 0 spiro atoms. The number of aromatic hydroxyl groups is 1. The van der Waals surface area contributed by atoms with Crippen molar-refractivity contribution < 1.29 is 24.8 Å². The minimum absolute atomic E-state index is 0.172. The van der Waals surface area contributed by atoms with Gasteiger partial charge >= 0.3 is 0 Å². The maximum Gasteiger partial charge on any atom is 0.184 e. The van der Waals surface area contributed by atoms with Crippen LogP contribution >= 0.6 is 0 Å². The molecule has 220 valence electrons. The lowest BCUT2D eigenvalue weighted by molar-refractivity contribution is -0.0480. The van der Waals surface area contributed by atoms with Gasteiger partial charge in [-0.25, -0.2) is 0 Å². The third-order valence-electron chi connectivity index (χ3n) is 8.93. The highest BCUT2D eigenvalue weighted by Crippen LogP contribution is 2.46. The first-order valence-electron chi connectivity index (χ1n) is 15.5. The molecule has 1 aromatic rings. The predicted molar refractivity (Wildman–Crippen MR) is 161 cm³/mol. The Morgan fingerprint density at radius 3 is 2.73 bits per heavy atom. The second-order valence-electron chi connectivity index (χ2n) is 12.2. The molecule has 40 heavy (non-hydrogen) atoms. The van der Waals surface area contributed by atoms with E-state index in [0.717, 1.165) is 68.7 Å². The molecule has 1 saturated carbocycles. The Morgan fingerprint density at radius 2 is 1.98 bits per heavy atom. The molecule has 0 bridgehead atoms. The zero-order chi connectivity index (χ0) is 28.5. The topological polar surface area (TPSA) is 95.1 Å². The van der Waals surface area contributed by atoms with Crippen molar-refractivity contribution in [3.05, 3.63) is 59.7 Å². The fourth-order valence-electron chi connectivity index (χ4n) is 6.03. The predicted octanol–water partition coefficient (Wildman–Crippen LogP) is 6.54. The number of benzene rings is 1. The van der Waals surface area contributed by atoms with Crippen LogP contribution in [-0.2, 0) is 6.42 Å². The smallest absolute Gasteiger partial charge is 0.184 e. The number of hydrogen-bond donors (Lipinski definition) is 3. The van der Waals surface area contributed by atoms with Gasteiger partial charge in [-0.2, -0.15) is 0 Å². The molecule has 2 aliphatic heterocycles. The molecule has 3 aliphatic rings. The van der Waals surface area contributed by atoms with Crippen molar-refractivity contribution in [2.45, 2.75) is 116 Å². The quantitative estimate of drug-likeness (QED) is 0.170. The summed E-state index contributed by atoms with van der Waals surface area (Å²) in [7, 11) is 0. The molecule has 1 fully saturated rings. The summed E-state index contributed by atoms with van der Waals surface area (Å²) in [5.74, 6) is 2.13. The average molecular weight is 553 g/mol. The van der Waals surface area contributed by atoms with Crippen LogP contribution < -0.4 is 4.74 Å². The van der Waals surface area contributed by atoms with Gasteiger partial charge in [0.15, 0.2) is 17.2 Å². The Bertz CT molecular complexity index is 1030. The normalized spacial score (nSPS) is 22.4. The molecule has 4 rings (SSSR count). The largest absolute Gasteiger partial charge is 0.504 e. The van der Waals surface area contributed by atoms with Gasteiger partial charge in [-0.15, -0.1) is 17.1 Å². The molecule has 0 radical (unpaired) electrons. The molecule has 0 amide bonds. The van der Waals surface area contributed by atoms with Gasteiger partial charge < -0.3 is 24.8 Å². The van der Waals surface area contributed by atoms with Crippen LogP contribution in [0, 0.1) is 23.4 Å². The number of aryl methyl sites for hydroxylation is 1. The lowest BCUT2D eigenvalue weighted by Crippen LogP contribution is -2.32. The Balaban J connectivity index is 1.36. The number of rotatable bonds is 15. The van der Waals surface area contributed by atoms with Crippen molar-refractivity contribution in [1.29, 1.82) is 0 Å². The minimum Gasteiger partial charge on any atom is -0.504 e. The second-order valence-corrected chi connectivity index (χ2v) is 12.2. The summed E-state index contributed by atoms with van der Waals surface area (Å²) in [6.07, 6.45) is 20.8. The molecule has 1 aliphatic carbocycles. The summed E-state index contributed by atoms with van der Waals surface area (Å²) in [4.78, 5) is 4.87. The van der Waals surface area contributed by atoms with Crippen LogP contribution in [0.3, 0.4) is 0 Å². The van der Waals surface area contributed by atoms with Crippen molar-refractivity contribution in [3.8, 4) is 11.5 Å². The van der Waals surface area contributed by atoms with E-state index in [4.69, 9.17) is 14.5 Å². The van der Waals surface area contributed by atoms with Gasteiger partial charge in [0.05, 0.1) is 18.3 Å². The SMILES string of the molecule is CCCCC1C=C[C-](CCc2ccc(O)c(OCC3(C4=C[C+](C(C)CCC(O)C(C)O)C=N4)CCCCC3)c2)[OH+]1. The zero-order valence-electron chi connectivity index (χ0n) is 24.7. The number of phenols is 1. The van der Waals surface area contributed by atoms with Crippen molar-refractivity contribution in [2.75, 3.05) is 6.61 Å². The first kappa shape index (κ1) is 30.5. The average Bonchev–Trinajstić information content (AvgIpc) is 3.64. The first-order chi connectivity index (χ1) is 19.3. The molecule has 0 aromatic heterocycles. The highest BCUT2D eigenvalue weighted by atomic mass is 16.5. The lowest BCUT2D eigenvalue weighted by Gasteiger charge is -2.32. The molecular weight excluding hydrogens is 502 g/mol. The fourth-order valence-corrected chi connectivity index (χ4v) is 6.03. The molecule has 0 saturated heterocycles. The fraction of sp³-hybridized carbons (Fsp3) is 0.618. The number of ether oxygens (including phenoxy) is 2. The summed E-state index contributed by atoms with van der Waals surface area (Å²) in [6.45, 7) is 6.49. The van der Waals surface area contributed by atoms with E-state index in [2.05, 4.69) is 32.1 Å². The number of nitrogens with zero attached hydrogens (tertiary/aromatic N) is 1. The molecule has 1 aromatic carbocycles. The van der Waals surface area contributed by atoms with Gasteiger partial charge in [-0.3, -0.25) is 0 Å². The Kier molecular flexibility index (Phi) is 11.1. The minimum atomic E-state index is -0.714. The highest BCUT2D eigenvalue weighted by molar-refractivity contribution is 5.83. The molecule has 4 N–H and O–H groups in total. The van der Waals surface area contributed by atoms with E-state index < -0.39 is 12.2 Å². The first-order valence-corrected chi connectivity index (χ1v) is 15.5. The van der Waals surface area contributed by atoms with Crippen LogP contribution in [0.5, 0.6) is 11.5 Å². The molecule has 6 heteroatoms. The highest BCUT2D eigenvalue weighted by Gasteiger charge is 2.46. The number of hydrogen-bond acceptors (Lipinski definition) is 5. The summed E-state index contributed by atoms with van der Waals surface area (Å²) < 4.78 is 11.2. The van der Waals surface area contributed by atoms with Crippen LogP contribution in [0.1, 0.15) is 97.0 Å². The van der Waals surface area contributed by atoms with Crippen molar-refractivity contribution in [3.63, 3.8) is 0 Å². The summed E-state index contributed by atoms with van der Waals surface area (Å²) in [5.41, 5.74) is 2.04. The summed E-state index contributed by atoms with van der Waals surface area (Å²) in [6, 6.07) is 5.71. The van der Waals surface area contributed by atoms with Crippen LogP contribution in [0.15, 0.2) is 47.1 Å². The van der Waals surface area contributed by atoms with Crippen LogP contribution in [0.2, 0.25) is 0 Å². The van der Waals surface area contributed by atoms with E-state index in [-0.39, 0.29) is 17.1 Å². The van der Waals surface area contributed by atoms with Gasteiger partial charge in [0.2, 0.25) is 0 Å². The number of allylic oxidation sites excluding steroid dienone is 1. The number of aliphatic hydroxyl groups is 4. The molecular formula is C34H50NO5+. The van der Waals surface area contributed by atoms with Gasteiger partial charge in [0.1, 0.15) is 36.3 Å². The van der Waals surface area contributed by atoms with Gasteiger partial charge in [-0.05, 0) is 76.5 Å². The standard InChI is InChI=1S/C34H49NO5/c1-4-5-9-28-14-15-29(40-28)13-11-26-12-17-31(38)32(20-26)39-23-34(18-7-6-8-19-34)33-21-27(22-35-33)24(2)10-16-30(37)25(3)36/h12,14-15,17,20-22,24-25,28,30,36-37,40H,4-11,13,16,18-19,23H2,1-3H3/p+1. The molecule has 6 nitrogen and oxygen atoms in total. The third kappa shape index (κ3) is 8.08. The Labute approximate surface area is 241 Å². The lowest BCUT2D eigenvalue weighted by atomic mass is 9.72. The van der Waals surface area contributed by atoms with E-state index >= 15 is 0 Å². The number of unbranched alkanes of at least 4 members (excludes halogenated alkanes) is 1. The Hall–Kier alpha value is -2.41. The van der Waals surface area contributed by atoms with Crippen molar-refractivity contribution >= 4 is 6.21 Å². The maximum atomic E-state index is 10.6. The monoisotopic (exact) mass is 552 g/mol. The molecule has 4 atom stereocenters. The van der Waals surface area contributed by atoms with E-state index in [1.54, 1.807) is 13.0 Å². The third-order valence-corrected chi connectivity index (χ3v) is 8.93. The Morgan fingerprint density at radius 1 is 1.18 bits per heavy atom. The number of phenolic OH excluding ortho intramolecular Hbond substituents is 1. The van der Waals surface area contributed by atoms with Gasteiger partial charge in [-0.1, -0.05) is 38.7 Å².